The SMILES string of the molecule is COc1cccc2oc(-c3nc4ccccc4c(=O)n3N=Cc3cc(Cl)ccc3Oc3ccc([N+](=O)[O-])cn3)cc12. The van der Waals surface area contributed by atoms with Gasteiger partial charge in [0.1, 0.15) is 23.3 Å². The second-order valence-electron chi connectivity index (χ2n) is 8.69. The molecule has 6 rings (SSSR count). The molecule has 0 fully saturated rings. The number of hydrogen-bond acceptors (Lipinski definition) is 9. The summed E-state index contributed by atoms with van der Waals surface area (Å²) < 4.78 is 18.5. The van der Waals surface area contributed by atoms with Crippen molar-refractivity contribution in [3.05, 3.63) is 116 Å². The zero-order valence-electron chi connectivity index (χ0n) is 21.2. The lowest BCUT2D eigenvalue weighted by atomic mass is 10.2. The van der Waals surface area contributed by atoms with Gasteiger partial charge in [-0.25, -0.2) is 9.97 Å². The van der Waals surface area contributed by atoms with Crippen molar-refractivity contribution >= 4 is 45.4 Å². The molecule has 0 N–H and O–H groups in total. The highest BCUT2D eigenvalue weighted by Crippen LogP contribution is 2.33. The summed E-state index contributed by atoms with van der Waals surface area (Å²) in [6.45, 7) is 0. The number of furan rings is 1. The average Bonchev–Trinajstić information content (AvgIpc) is 3.42. The molecule has 0 saturated heterocycles. The minimum Gasteiger partial charge on any atom is -0.496 e. The van der Waals surface area contributed by atoms with Crippen molar-refractivity contribution in [1.82, 2.24) is 14.6 Å². The molecule has 3 heterocycles. The maximum atomic E-state index is 13.6. The number of nitro groups is 1. The first kappa shape index (κ1) is 25.7. The molecule has 12 heteroatoms. The van der Waals surface area contributed by atoms with Crippen LogP contribution in [0.15, 0.2) is 99.4 Å². The summed E-state index contributed by atoms with van der Waals surface area (Å²) in [6.07, 6.45) is 2.49. The Hall–Kier alpha value is -5.55. The molecule has 0 atom stereocenters. The van der Waals surface area contributed by atoms with Crippen LogP contribution in [0.25, 0.3) is 33.5 Å². The van der Waals surface area contributed by atoms with Crippen molar-refractivity contribution in [3.8, 4) is 29.0 Å². The van der Waals surface area contributed by atoms with Crippen molar-refractivity contribution in [2.75, 3.05) is 7.11 Å². The lowest BCUT2D eigenvalue weighted by Crippen LogP contribution is -2.20. The molecule has 0 unspecified atom stereocenters. The van der Waals surface area contributed by atoms with Crippen LogP contribution in [-0.4, -0.2) is 32.9 Å². The van der Waals surface area contributed by atoms with E-state index in [1.165, 1.54) is 18.3 Å². The average molecular weight is 568 g/mol. The first-order valence-electron chi connectivity index (χ1n) is 12.1. The Morgan fingerprint density at radius 3 is 2.66 bits per heavy atom. The topological polar surface area (TPSA) is 135 Å². The fourth-order valence-corrected chi connectivity index (χ4v) is 4.38. The summed E-state index contributed by atoms with van der Waals surface area (Å²) in [7, 11) is 1.56. The van der Waals surface area contributed by atoms with E-state index in [1.807, 2.05) is 0 Å². The van der Waals surface area contributed by atoms with Crippen LogP contribution in [0.4, 0.5) is 5.69 Å². The van der Waals surface area contributed by atoms with Crippen molar-refractivity contribution in [2.45, 2.75) is 0 Å². The molecule has 3 aromatic heterocycles. The third-order valence-electron chi connectivity index (χ3n) is 6.15. The number of aromatic nitrogens is 3. The molecule has 0 aliphatic heterocycles. The van der Waals surface area contributed by atoms with E-state index in [-0.39, 0.29) is 17.4 Å². The summed E-state index contributed by atoms with van der Waals surface area (Å²) in [6, 6.07) is 21.5. The van der Waals surface area contributed by atoms with E-state index < -0.39 is 10.5 Å². The predicted octanol–water partition coefficient (Wildman–Crippen LogP) is 6.45. The molecule has 0 bridgehead atoms. The van der Waals surface area contributed by atoms with Crippen molar-refractivity contribution in [1.29, 1.82) is 0 Å². The molecule has 6 aromatic rings. The minimum atomic E-state index is -0.553. The van der Waals surface area contributed by atoms with Crippen LogP contribution in [0.1, 0.15) is 5.56 Å². The highest BCUT2D eigenvalue weighted by atomic mass is 35.5. The summed E-state index contributed by atoms with van der Waals surface area (Å²) in [5.74, 6) is 1.51. The fraction of sp³-hybridized carbons (Fsp3) is 0.0345. The van der Waals surface area contributed by atoms with E-state index >= 15 is 0 Å². The van der Waals surface area contributed by atoms with Crippen molar-refractivity contribution in [3.63, 3.8) is 0 Å². The van der Waals surface area contributed by atoms with Crippen LogP contribution in [0.5, 0.6) is 17.4 Å². The van der Waals surface area contributed by atoms with E-state index in [2.05, 4.69) is 10.1 Å². The number of halogens is 1. The van der Waals surface area contributed by atoms with Gasteiger partial charge in [-0.05, 0) is 48.5 Å². The molecule has 0 amide bonds. The lowest BCUT2D eigenvalue weighted by molar-refractivity contribution is -0.385. The second-order valence-corrected chi connectivity index (χ2v) is 9.13. The van der Waals surface area contributed by atoms with Gasteiger partial charge in [0.15, 0.2) is 5.76 Å². The van der Waals surface area contributed by atoms with E-state index in [1.54, 1.807) is 73.8 Å². The Morgan fingerprint density at radius 2 is 1.88 bits per heavy atom. The Labute approximate surface area is 236 Å². The molecule has 0 aliphatic rings. The summed E-state index contributed by atoms with van der Waals surface area (Å²) in [4.78, 5) is 32.7. The van der Waals surface area contributed by atoms with Gasteiger partial charge < -0.3 is 13.9 Å². The van der Waals surface area contributed by atoms with Gasteiger partial charge >= 0.3 is 0 Å². The van der Waals surface area contributed by atoms with E-state index in [4.69, 9.17) is 30.5 Å². The van der Waals surface area contributed by atoms with Gasteiger partial charge in [-0.15, -0.1) is 0 Å². The largest absolute Gasteiger partial charge is 0.496 e. The van der Waals surface area contributed by atoms with Gasteiger partial charge in [-0.3, -0.25) is 14.9 Å². The normalized spacial score (nSPS) is 11.4. The lowest BCUT2D eigenvalue weighted by Gasteiger charge is -2.09. The van der Waals surface area contributed by atoms with Gasteiger partial charge in [0, 0.05) is 22.7 Å². The highest BCUT2D eigenvalue weighted by molar-refractivity contribution is 6.30. The number of benzene rings is 3. The molecule has 11 nitrogen and oxygen atoms in total. The third-order valence-corrected chi connectivity index (χ3v) is 6.38. The van der Waals surface area contributed by atoms with Crippen LogP contribution in [0.2, 0.25) is 5.02 Å². The standard InChI is InChI=1S/C29H18ClN5O6/c1-39-24-7-4-8-25-21(24)14-26(40-25)28-33-22-6-3-2-5-20(22)29(36)34(28)32-15-17-13-18(30)9-11-23(17)41-27-12-10-19(16-31-27)35(37)38/h2-16H,1H3. The summed E-state index contributed by atoms with van der Waals surface area (Å²) in [5, 5.41) is 16.9. The fourth-order valence-electron chi connectivity index (χ4n) is 4.20. The zero-order chi connectivity index (χ0) is 28.5. The molecule has 0 saturated carbocycles. The smallest absolute Gasteiger partial charge is 0.287 e. The van der Waals surface area contributed by atoms with Crippen molar-refractivity contribution in [2.24, 2.45) is 5.10 Å². The molecule has 0 spiro atoms. The van der Waals surface area contributed by atoms with Gasteiger partial charge in [-0.2, -0.15) is 9.78 Å². The third kappa shape index (κ3) is 4.97. The highest BCUT2D eigenvalue weighted by Gasteiger charge is 2.18. The van der Waals surface area contributed by atoms with Crippen LogP contribution in [0.3, 0.4) is 0 Å². The molecule has 0 radical (unpaired) electrons. The number of nitrogens with zero attached hydrogens (tertiary/aromatic N) is 5. The molecule has 0 aliphatic carbocycles. The first-order valence-corrected chi connectivity index (χ1v) is 12.5. The van der Waals surface area contributed by atoms with E-state index in [9.17, 15) is 14.9 Å². The number of ether oxygens (including phenoxy) is 2. The van der Waals surface area contributed by atoms with Gasteiger partial charge in [0.05, 0.1) is 34.5 Å². The van der Waals surface area contributed by atoms with E-state index in [0.717, 1.165) is 10.9 Å². The number of hydrogen-bond donors (Lipinski definition) is 0. The number of fused-ring (bicyclic) bond motifs is 2. The molecule has 41 heavy (non-hydrogen) atoms. The van der Waals surface area contributed by atoms with Gasteiger partial charge in [-0.1, -0.05) is 29.8 Å². The Kier molecular flexibility index (Phi) is 6.62. The molecule has 202 valence electrons. The quantitative estimate of drug-likeness (QED) is 0.122. The number of methoxy groups -OCH3 is 1. The maximum absolute atomic E-state index is 13.6. The molecule has 3 aromatic carbocycles. The molecular weight excluding hydrogens is 550 g/mol. The van der Waals surface area contributed by atoms with Crippen molar-refractivity contribution < 1.29 is 18.8 Å². The van der Waals surface area contributed by atoms with Crippen LogP contribution in [0, 0.1) is 10.1 Å². The number of rotatable bonds is 7. The number of para-hydroxylation sites is 1. The second kappa shape index (κ2) is 10.5. The van der Waals surface area contributed by atoms with E-state index in [0.29, 0.717) is 49.7 Å². The zero-order valence-corrected chi connectivity index (χ0v) is 22.0. The number of pyridine rings is 1. The Balaban J connectivity index is 1.47. The minimum absolute atomic E-state index is 0.119. The summed E-state index contributed by atoms with van der Waals surface area (Å²) in [5.41, 5.74) is 0.848. The molecular formula is C29H18ClN5O6. The van der Waals surface area contributed by atoms with Crippen LogP contribution in [-0.2, 0) is 0 Å². The summed E-state index contributed by atoms with van der Waals surface area (Å²) >= 11 is 6.25. The van der Waals surface area contributed by atoms with Crippen LogP contribution < -0.4 is 15.0 Å². The predicted molar refractivity (Wildman–Crippen MR) is 153 cm³/mol. The maximum Gasteiger partial charge on any atom is 0.287 e. The Bertz CT molecular complexity index is 2030. The van der Waals surface area contributed by atoms with Gasteiger partial charge in [0.25, 0.3) is 11.2 Å². The van der Waals surface area contributed by atoms with Gasteiger partial charge in [0.2, 0.25) is 11.7 Å². The first-order chi connectivity index (χ1) is 19.9. The Morgan fingerprint density at radius 1 is 1.02 bits per heavy atom. The monoisotopic (exact) mass is 567 g/mol. The van der Waals surface area contributed by atoms with Crippen LogP contribution >= 0.6 is 11.6 Å².